The number of benzene rings is 3. The molecule has 0 spiro atoms. The molecule has 0 radical (unpaired) electrons. The van der Waals surface area contributed by atoms with Gasteiger partial charge in [-0.05, 0) is 49.4 Å². The number of aromatic nitrogens is 2. The fourth-order valence-corrected chi connectivity index (χ4v) is 5.72. The number of anilines is 1. The summed E-state index contributed by atoms with van der Waals surface area (Å²) < 4.78 is 0. The molecular weight excluding hydrogens is 482 g/mol. The van der Waals surface area contributed by atoms with Crippen molar-refractivity contribution >= 4 is 40.2 Å². The van der Waals surface area contributed by atoms with Gasteiger partial charge in [-0.25, -0.2) is 9.97 Å². The molecule has 0 saturated heterocycles. The lowest BCUT2D eigenvalue weighted by Crippen LogP contribution is -2.04. The Balaban J connectivity index is 1.80. The highest BCUT2D eigenvalue weighted by Crippen LogP contribution is 2.43. The van der Waals surface area contributed by atoms with Crippen LogP contribution in [0, 0.1) is 29.6 Å². The first-order chi connectivity index (χ1) is 17.6. The van der Waals surface area contributed by atoms with Gasteiger partial charge in [0, 0.05) is 26.3 Å². The molecule has 5 aromatic rings. The summed E-state index contributed by atoms with van der Waals surface area (Å²) in [7, 11) is 0. The van der Waals surface area contributed by atoms with Crippen LogP contribution in [-0.4, -0.2) is 9.97 Å². The van der Waals surface area contributed by atoms with Crippen LogP contribution in [0.15, 0.2) is 105 Å². The fourth-order valence-electron chi connectivity index (χ4n) is 3.88. The van der Waals surface area contributed by atoms with Crippen molar-refractivity contribution in [2.75, 3.05) is 5.73 Å². The van der Waals surface area contributed by atoms with E-state index in [0.717, 1.165) is 26.3 Å². The molecule has 0 aliphatic heterocycles. The largest absolute Gasteiger partial charge is 0.383 e. The van der Waals surface area contributed by atoms with E-state index in [-0.39, 0.29) is 11.4 Å². The topological polar surface area (TPSA) is 99.4 Å². The summed E-state index contributed by atoms with van der Waals surface area (Å²) >= 11 is 2.83. The quantitative estimate of drug-likeness (QED) is 0.271. The van der Waals surface area contributed by atoms with Crippen molar-refractivity contribution in [2.45, 2.75) is 26.8 Å². The molecule has 5 rings (SSSR count). The number of pyridine rings is 2. The Morgan fingerprint density at radius 3 is 1.94 bits per heavy atom. The molecule has 3 aromatic carbocycles. The van der Waals surface area contributed by atoms with Crippen molar-refractivity contribution in [1.82, 2.24) is 9.97 Å². The van der Waals surface area contributed by atoms with Crippen molar-refractivity contribution in [3.8, 4) is 23.3 Å². The molecule has 0 aliphatic carbocycles. The number of rotatable bonds is 5. The molecular formula is C29H19N5S2. The lowest BCUT2D eigenvalue weighted by Gasteiger charge is -2.16. The first-order valence-corrected chi connectivity index (χ1v) is 12.7. The normalized spacial score (nSPS) is 10.6. The Kier molecular flexibility index (Phi) is 6.60. The molecule has 2 heterocycles. The molecule has 0 bridgehead atoms. The van der Waals surface area contributed by atoms with Crippen molar-refractivity contribution in [3.05, 3.63) is 102 Å². The predicted octanol–water partition coefficient (Wildman–Crippen LogP) is 7.23. The minimum Gasteiger partial charge on any atom is -0.383 e. The lowest BCUT2D eigenvalue weighted by molar-refractivity contribution is 1.10. The SMILES string of the molecule is Cc1ccc2nc(Sc3ccccc3)c(-c3c(C#N)c(N)nc(Sc4ccccc4)c3C#N)cc2c1. The lowest BCUT2D eigenvalue weighted by atomic mass is 9.96. The van der Waals surface area contributed by atoms with Gasteiger partial charge in [0.05, 0.1) is 11.1 Å². The number of fused-ring (bicyclic) bond motifs is 1. The van der Waals surface area contributed by atoms with Gasteiger partial charge in [0.15, 0.2) is 0 Å². The number of nitrogens with zero attached hydrogens (tertiary/aromatic N) is 4. The van der Waals surface area contributed by atoms with E-state index in [9.17, 15) is 10.5 Å². The number of hydrogen-bond acceptors (Lipinski definition) is 7. The van der Waals surface area contributed by atoms with E-state index >= 15 is 0 Å². The summed E-state index contributed by atoms with van der Waals surface area (Å²) in [4.78, 5) is 11.3. The van der Waals surface area contributed by atoms with Crippen molar-refractivity contribution < 1.29 is 0 Å². The van der Waals surface area contributed by atoms with Gasteiger partial charge in [-0.2, -0.15) is 10.5 Å². The highest BCUT2D eigenvalue weighted by atomic mass is 32.2. The summed E-state index contributed by atoms with van der Waals surface area (Å²) in [6, 6.07) is 32.1. The van der Waals surface area contributed by atoms with Gasteiger partial charge < -0.3 is 5.73 Å². The smallest absolute Gasteiger partial charge is 0.143 e. The van der Waals surface area contributed by atoms with Gasteiger partial charge in [0.2, 0.25) is 0 Å². The summed E-state index contributed by atoms with van der Waals surface area (Å²) in [5, 5.41) is 22.5. The number of aryl methyl sites for hydroxylation is 1. The molecule has 0 amide bonds. The zero-order valence-electron chi connectivity index (χ0n) is 19.3. The van der Waals surface area contributed by atoms with Crippen LogP contribution in [-0.2, 0) is 0 Å². The van der Waals surface area contributed by atoms with E-state index in [4.69, 9.17) is 10.7 Å². The summed E-state index contributed by atoms with van der Waals surface area (Å²) in [6.07, 6.45) is 0. The van der Waals surface area contributed by atoms with Gasteiger partial charge in [0.25, 0.3) is 0 Å². The zero-order chi connectivity index (χ0) is 25.1. The van der Waals surface area contributed by atoms with Crippen LogP contribution in [0.4, 0.5) is 5.82 Å². The molecule has 0 fully saturated rings. The van der Waals surface area contributed by atoms with Crippen LogP contribution in [0.25, 0.3) is 22.0 Å². The van der Waals surface area contributed by atoms with E-state index in [2.05, 4.69) is 17.1 Å². The van der Waals surface area contributed by atoms with Gasteiger partial charge in [0.1, 0.15) is 33.6 Å². The second kappa shape index (κ2) is 10.1. The maximum Gasteiger partial charge on any atom is 0.143 e. The molecule has 5 nitrogen and oxygen atoms in total. The van der Waals surface area contributed by atoms with Crippen molar-refractivity contribution in [1.29, 1.82) is 10.5 Å². The summed E-state index contributed by atoms with van der Waals surface area (Å²) in [6.45, 7) is 2.02. The Morgan fingerprint density at radius 1 is 0.722 bits per heavy atom. The molecule has 0 unspecified atom stereocenters. The van der Waals surface area contributed by atoms with Crippen LogP contribution < -0.4 is 5.73 Å². The van der Waals surface area contributed by atoms with E-state index < -0.39 is 0 Å². The first kappa shape index (κ1) is 23.4. The highest BCUT2D eigenvalue weighted by Gasteiger charge is 2.24. The maximum absolute atomic E-state index is 10.3. The van der Waals surface area contributed by atoms with E-state index in [1.165, 1.54) is 23.5 Å². The van der Waals surface area contributed by atoms with Gasteiger partial charge in [-0.3, -0.25) is 0 Å². The van der Waals surface area contributed by atoms with Crippen molar-refractivity contribution in [2.24, 2.45) is 0 Å². The van der Waals surface area contributed by atoms with Crippen LogP contribution in [0.5, 0.6) is 0 Å². The number of nitrogens with two attached hydrogens (primary N) is 1. The average Bonchev–Trinajstić information content (AvgIpc) is 2.89. The third-order valence-electron chi connectivity index (χ3n) is 5.54. The Labute approximate surface area is 217 Å². The second-order valence-corrected chi connectivity index (χ2v) is 10.1. The molecule has 2 aromatic heterocycles. The average molecular weight is 502 g/mol. The van der Waals surface area contributed by atoms with E-state index in [1.807, 2.05) is 91.9 Å². The molecule has 0 saturated carbocycles. The summed E-state index contributed by atoms with van der Waals surface area (Å²) in [5.41, 5.74) is 9.85. The molecule has 7 heteroatoms. The zero-order valence-corrected chi connectivity index (χ0v) is 20.9. The molecule has 172 valence electrons. The van der Waals surface area contributed by atoms with E-state index in [1.54, 1.807) is 0 Å². The van der Waals surface area contributed by atoms with Gasteiger partial charge >= 0.3 is 0 Å². The summed E-state index contributed by atoms with van der Waals surface area (Å²) in [5.74, 6) is 0.0879. The maximum atomic E-state index is 10.3. The molecule has 36 heavy (non-hydrogen) atoms. The van der Waals surface area contributed by atoms with Crippen molar-refractivity contribution in [3.63, 3.8) is 0 Å². The van der Waals surface area contributed by atoms with Gasteiger partial charge in [-0.1, -0.05) is 71.6 Å². The second-order valence-electron chi connectivity index (χ2n) is 8.02. The van der Waals surface area contributed by atoms with E-state index in [0.29, 0.717) is 26.7 Å². The standard InChI is InChI=1S/C29H19N5S2/c1-18-12-13-25-19(14-18)15-22(28(33-25)35-20-8-4-2-5-9-20)26-23(16-30)27(32)34-29(24(26)17-31)36-21-10-6-3-7-11-21/h2-15H,1H3,(H2,32,34). The first-order valence-electron chi connectivity index (χ1n) is 11.1. The highest BCUT2D eigenvalue weighted by molar-refractivity contribution is 7.99. The number of hydrogen-bond donors (Lipinski definition) is 1. The minimum absolute atomic E-state index is 0.0879. The third-order valence-corrected chi connectivity index (χ3v) is 7.54. The Bertz CT molecular complexity index is 1670. The minimum atomic E-state index is 0.0879. The monoisotopic (exact) mass is 501 g/mol. The number of nitrogen functional groups attached to an aromatic ring is 1. The van der Waals surface area contributed by atoms with Gasteiger partial charge in [-0.15, -0.1) is 0 Å². The molecule has 0 aliphatic rings. The molecule has 0 atom stereocenters. The Hall–Kier alpha value is -4.30. The Morgan fingerprint density at radius 2 is 1.33 bits per heavy atom. The fraction of sp³-hybridized carbons (Fsp3) is 0.0345. The third kappa shape index (κ3) is 4.63. The molecule has 2 N–H and O–H groups in total. The number of nitriles is 2. The van der Waals surface area contributed by atoms with Crippen LogP contribution >= 0.6 is 23.5 Å². The van der Waals surface area contributed by atoms with Crippen LogP contribution in [0.3, 0.4) is 0 Å². The van der Waals surface area contributed by atoms with Crippen LogP contribution in [0.1, 0.15) is 16.7 Å². The predicted molar refractivity (Wildman–Crippen MR) is 145 cm³/mol. The van der Waals surface area contributed by atoms with Crippen LogP contribution in [0.2, 0.25) is 0 Å².